The van der Waals surface area contributed by atoms with Gasteiger partial charge in [0.15, 0.2) is 0 Å². The average Bonchev–Trinajstić information content (AvgIpc) is 2.93. The quantitative estimate of drug-likeness (QED) is 0.234. The molecule has 0 N–H and O–H groups in total. The third-order valence-electron chi connectivity index (χ3n) is 6.93. The maximum atomic E-state index is 4.65. The first-order valence-corrected chi connectivity index (χ1v) is 12.2. The first-order valence-electron chi connectivity index (χ1n) is 12.2. The third-order valence-corrected chi connectivity index (χ3v) is 6.93. The van der Waals surface area contributed by atoms with E-state index in [0.717, 1.165) is 16.8 Å². The van der Waals surface area contributed by atoms with Gasteiger partial charge in [-0.3, -0.25) is 0 Å². The number of pyridine rings is 1. The van der Waals surface area contributed by atoms with Crippen molar-refractivity contribution in [3.63, 3.8) is 0 Å². The molecule has 164 valence electrons. The van der Waals surface area contributed by atoms with Gasteiger partial charge in [-0.05, 0) is 70.5 Å². The van der Waals surface area contributed by atoms with E-state index in [9.17, 15) is 0 Å². The van der Waals surface area contributed by atoms with Gasteiger partial charge in [0.1, 0.15) is 0 Å². The lowest BCUT2D eigenvalue weighted by Gasteiger charge is -2.18. The topological polar surface area (TPSA) is 12.9 Å². The average molecular weight is 438 g/mol. The van der Waals surface area contributed by atoms with Gasteiger partial charge in [0.05, 0.1) is 11.2 Å². The number of benzene rings is 5. The monoisotopic (exact) mass is 437 g/mol. The van der Waals surface area contributed by atoms with Gasteiger partial charge in [-0.1, -0.05) is 103 Å². The highest BCUT2D eigenvalue weighted by molar-refractivity contribution is 6.08. The van der Waals surface area contributed by atoms with E-state index in [1.807, 2.05) is 36.4 Å². The molecule has 0 saturated carbocycles. The minimum atomic E-state index is 1.03. The van der Waals surface area contributed by atoms with Crippen LogP contribution >= 0.6 is 0 Å². The van der Waals surface area contributed by atoms with Crippen molar-refractivity contribution in [3.8, 4) is 11.3 Å². The van der Waals surface area contributed by atoms with Gasteiger partial charge in [-0.15, -0.1) is 0 Å². The predicted octanol–water partition coefficient (Wildman–Crippen LogP) is 8.77. The maximum absolute atomic E-state index is 4.65. The van der Waals surface area contributed by atoms with Crippen LogP contribution in [0.4, 0.5) is 0 Å². The van der Waals surface area contributed by atoms with Gasteiger partial charge in [0.25, 0.3) is 0 Å². The van der Waals surface area contributed by atoms with E-state index >= 15 is 0 Å². The van der Waals surface area contributed by atoms with Crippen LogP contribution < -0.4 is 0 Å². The molecule has 5 aromatic carbocycles. The molecule has 1 aliphatic rings. The molecule has 1 aliphatic carbocycles. The molecule has 7 rings (SSSR count). The standard InChI is InChI=1S/C18H16.C15H11N/c1-3-7-15-13(5-1)9-11-18-16-8-4-2-6-14(16)10-12-17(15)18;1-2-6-12(7-3-1)15-11-10-13-8-4-5-9-14(13)16-15/h1,3,5,7,9-12H,2,4,6,8H2;1-11H. The van der Waals surface area contributed by atoms with E-state index < -0.39 is 0 Å². The van der Waals surface area contributed by atoms with E-state index in [0.29, 0.717) is 0 Å². The largest absolute Gasteiger partial charge is 0.248 e. The molecule has 1 heteroatoms. The molecule has 0 amide bonds. The Morgan fingerprint density at radius 1 is 0.471 bits per heavy atom. The molecule has 0 atom stereocenters. The molecule has 0 bridgehead atoms. The second-order valence-electron chi connectivity index (χ2n) is 9.05. The van der Waals surface area contributed by atoms with E-state index in [1.165, 1.54) is 52.6 Å². The Labute approximate surface area is 200 Å². The van der Waals surface area contributed by atoms with Crippen LogP contribution in [-0.4, -0.2) is 4.98 Å². The van der Waals surface area contributed by atoms with Crippen LogP contribution in [-0.2, 0) is 12.8 Å². The lowest BCUT2D eigenvalue weighted by Crippen LogP contribution is -2.02. The summed E-state index contributed by atoms with van der Waals surface area (Å²) in [6, 6.07) is 40.6. The number of aryl methyl sites for hydroxylation is 2. The number of hydrogen-bond donors (Lipinski definition) is 0. The molecule has 0 fully saturated rings. The second kappa shape index (κ2) is 9.11. The fourth-order valence-corrected chi connectivity index (χ4v) is 5.18. The van der Waals surface area contributed by atoms with Crippen molar-refractivity contribution in [1.82, 2.24) is 4.98 Å². The van der Waals surface area contributed by atoms with Crippen LogP contribution in [0.25, 0.3) is 43.7 Å². The number of aromatic nitrogens is 1. The zero-order valence-corrected chi connectivity index (χ0v) is 19.2. The van der Waals surface area contributed by atoms with Crippen molar-refractivity contribution >= 4 is 32.4 Å². The Kier molecular flexibility index (Phi) is 5.53. The summed E-state index contributed by atoms with van der Waals surface area (Å²) in [7, 11) is 0. The van der Waals surface area contributed by atoms with Crippen molar-refractivity contribution in [1.29, 1.82) is 0 Å². The van der Waals surface area contributed by atoms with Gasteiger partial charge in [-0.25, -0.2) is 4.98 Å². The smallest absolute Gasteiger partial charge is 0.0709 e. The van der Waals surface area contributed by atoms with Crippen molar-refractivity contribution in [3.05, 3.63) is 126 Å². The van der Waals surface area contributed by atoms with Gasteiger partial charge >= 0.3 is 0 Å². The molecule has 1 nitrogen and oxygen atoms in total. The minimum absolute atomic E-state index is 1.03. The molecule has 0 unspecified atom stereocenters. The summed E-state index contributed by atoms with van der Waals surface area (Å²) < 4.78 is 0. The number of fused-ring (bicyclic) bond motifs is 6. The van der Waals surface area contributed by atoms with Crippen LogP contribution in [0.1, 0.15) is 24.0 Å². The molecule has 0 aliphatic heterocycles. The summed E-state index contributed by atoms with van der Waals surface area (Å²) in [6.45, 7) is 0. The van der Waals surface area contributed by atoms with Crippen molar-refractivity contribution in [2.75, 3.05) is 0 Å². The highest BCUT2D eigenvalue weighted by Crippen LogP contribution is 2.33. The second-order valence-corrected chi connectivity index (χ2v) is 9.05. The zero-order chi connectivity index (χ0) is 22.7. The van der Waals surface area contributed by atoms with Crippen LogP contribution in [0.2, 0.25) is 0 Å². The number of rotatable bonds is 1. The lowest BCUT2D eigenvalue weighted by molar-refractivity contribution is 0.690. The normalized spacial score (nSPS) is 12.8. The molecule has 1 aromatic heterocycles. The van der Waals surface area contributed by atoms with Crippen LogP contribution in [0.15, 0.2) is 115 Å². The summed E-state index contributed by atoms with van der Waals surface area (Å²) in [5.74, 6) is 0. The summed E-state index contributed by atoms with van der Waals surface area (Å²) in [5, 5.41) is 6.82. The summed E-state index contributed by atoms with van der Waals surface area (Å²) in [6.07, 6.45) is 5.22. The molecular formula is C33H27N. The first kappa shape index (κ1) is 20.6. The highest BCUT2D eigenvalue weighted by atomic mass is 14.7. The number of para-hydroxylation sites is 1. The predicted molar refractivity (Wildman–Crippen MR) is 145 cm³/mol. The zero-order valence-electron chi connectivity index (χ0n) is 19.2. The van der Waals surface area contributed by atoms with E-state index in [-0.39, 0.29) is 0 Å². The maximum Gasteiger partial charge on any atom is 0.0709 e. The van der Waals surface area contributed by atoms with Gasteiger partial charge < -0.3 is 0 Å². The fourth-order valence-electron chi connectivity index (χ4n) is 5.18. The van der Waals surface area contributed by atoms with Crippen LogP contribution in [0.5, 0.6) is 0 Å². The molecule has 0 radical (unpaired) electrons. The van der Waals surface area contributed by atoms with E-state index in [1.54, 1.807) is 11.1 Å². The molecule has 1 heterocycles. The summed E-state index contributed by atoms with van der Waals surface area (Å²) in [5.41, 5.74) is 6.41. The Bertz CT molecular complexity index is 1600. The Morgan fingerprint density at radius 2 is 1.18 bits per heavy atom. The van der Waals surface area contributed by atoms with E-state index in [4.69, 9.17) is 0 Å². The molecular weight excluding hydrogens is 410 g/mol. The van der Waals surface area contributed by atoms with E-state index in [2.05, 4.69) is 83.8 Å². The molecule has 34 heavy (non-hydrogen) atoms. The third kappa shape index (κ3) is 3.95. The minimum Gasteiger partial charge on any atom is -0.248 e. The summed E-state index contributed by atoms with van der Waals surface area (Å²) >= 11 is 0. The van der Waals surface area contributed by atoms with Gasteiger partial charge in [0.2, 0.25) is 0 Å². The molecule has 0 spiro atoms. The van der Waals surface area contributed by atoms with Gasteiger partial charge in [-0.2, -0.15) is 0 Å². The van der Waals surface area contributed by atoms with Crippen molar-refractivity contribution in [2.45, 2.75) is 25.7 Å². The SMILES string of the molecule is c1ccc(-c2ccc3ccccc3n2)cc1.c1ccc2c(c1)ccc1c3c(ccc12)CCCC3. The Morgan fingerprint density at radius 3 is 2.09 bits per heavy atom. The highest BCUT2D eigenvalue weighted by Gasteiger charge is 2.13. The first-order chi connectivity index (χ1) is 16.9. The van der Waals surface area contributed by atoms with Crippen molar-refractivity contribution < 1.29 is 0 Å². The lowest BCUT2D eigenvalue weighted by atomic mass is 9.86. The fraction of sp³-hybridized carbons (Fsp3) is 0.121. The number of hydrogen-bond acceptors (Lipinski definition) is 1. The van der Waals surface area contributed by atoms with Crippen molar-refractivity contribution in [2.24, 2.45) is 0 Å². The number of nitrogens with zero attached hydrogens (tertiary/aromatic N) is 1. The molecule has 6 aromatic rings. The molecule has 0 saturated heterocycles. The van der Waals surface area contributed by atoms with Crippen LogP contribution in [0.3, 0.4) is 0 Å². The van der Waals surface area contributed by atoms with Gasteiger partial charge in [0, 0.05) is 10.9 Å². The summed E-state index contributed by atoms with van der Waals surface area (Å²) in [4.78, 5) is 4.65. The van der Waals surface area contributed by atoms with Crippen LogP contribution in [0, 0.1) is 0 Å². The Balaban J connectivity index is 0.000000129. The Hall–Kier alpha value is -3.97.